The molecule has 0 aliphatic heterocycles. The summed E-state index contributed by atoms with van der Waals surface area (Å²) >= 11 is 0. The first-order chi connectivity index (χ1) is 7.75. The number of aryl methyl sites for hydroxylation is 1. The molecule has 0 fully saturated rings. The molecule has 2 rings (SSSR count). The lowest BCUT2D eigenvalue weighted by atomic mass is 10.2. The van der Waals surface area contributed by atoms with Gasteiger partial charge in [-0.25, -0.2) is 4.98 Å². The number of nitrogens with zero attached hydrogens (tertiary/aromatic N) is 1. The van der Waals surface area contributed by atoms with Gasteiger partial charge in [0.2, 0.25) is 0 Å². The van der Waals surface area contributed by atoms with E-state index < -0.39 is 0 Å². The quantitative estimate of drug-likeness (QED) is 0.827. The predicted octanol–water partition coefficient (Wildman–Crippen LogP) is 3.27. The first kappa shape index (κ1) is 10.4. The van der Waals surface area contributed by atoms with Crippen molar-refractivity contribution < 1.29 is 5.11 Å². The van der Waals surface area contributed by atoms with Crippen LogP contribution in [0.15, 0.2) is 42.5 Å². The molecule has 2 nitrogen and oxygen atoms in total. The molecule has 2 aromatic rings. The lowest BCUT2D eigenvalue weighted by Gasteiger charge is -1.99. The SMILES string of the molecule is Cc1ccc(O)c(/C=C\c2ccccc2)n1. The highest BCUT2D eigenvalue weighted by Crippen LogP contribution is 2.17. The second-order valence-electron chi connectivity index (χ2n) is 3.60. The standard InChI is InChI=1S/C14H13NO/c1-11-7-10-14(16)13(15-11)9-8-12-5-3-2-4-6-12/h2-10,16H,1H3/b9-8-. The Morgan fingerprint density at radius 3 is 2.50 bits per heavy atom. The van der Waals surface area contributed by atoms with E-state index in [0.29, 0.717) is 5.69 Å². The van der Waals surface area contributed by atoms with E-state index in [1.54, 1.807) is 12.1 Å². The third kappa shape index (κ3) is 2.48. The van der Waals surface area contributed by atoms with Crippen LogP contribution in [0.2, 0.25) is 0 Å². The van der Waals surface area contributed by atoms with Gasteiger partial charge in [-0.15, -0.1) is 0 Å². The van der Waals surface area contributed by atoms with Crippen molar-refractivity contribution in [3.63, 3.8) is 0 Å². The van der Waals surface area contributed by atoms with Gasteiger partial charge in [0.15, 0.2) is 0 Å². The summed E-state index contributed by atoms with van der Waals surface area (Å²) in [5.41, 5.74) is 2.58. The molecule has 0 unspecified atom stereocenters. The fourth-order valence-electron chi connectivity index (χ4n) is 1.43. The molecule has 80 valence electrons. The second-order valence-corrected chi connectivity index (χ2v) is 3.60. The van der Waals surface area contributed by atoms with Crippen LogP contribution in [0.3, 0.4) is 0 Å². The molecule has 0 saturated carbocycles. The Morgan fingerprint density at radius 1 is 1.00 bits per heavy atom. The normalized spacial score (nSPS) is 10.8. The number of hydrogen-bond donors (Lipinski definition) is 1. The van der Waals surface area contributed by atoms with Crippen molar-refractivity contribution in [2.24, 2.45) is 0 Å². The zero-order chi connectivity index (χ0) is 11.4. The summed E-state index contributed by atoms with van der Waals surface area (Å²) in [6.07, 6.45) is 3.75. The predicted molar refractivity (Wildman–Crippen MR) is 66.0 cm³/mol. The molecule has 0 radical (unpaired) electrons. The van der Waals surface area contributed by atoms with E-state index in [4.69, 9.17) is 0 Å². The van der Waals surface area contributed by atoms with Crippen molar-refractivity contribution >= 4 is 12.2 Å². The maximum absolute atomic E-state index is 9.60. The first-order valence-corrected chi connectivity index (χ1v) is 5.15. The molecule has 0 amide bonds. The third-order valence-electron chi connectivity index (χ3n) is 2.27. The topological polar surface area (TPSA) is 33.1 Å². The van der Waals surface area contributed by atoms with Crippen LogP contribution in [0.5, 0.6) is 5.75 Å². The van der Waals surface area contributed by atoms with Crippen molar-refractivity contribution in [1.82, 2.24) is 4.98 Å². The van der Waals surface area contributed by atoms with E-state index in [1.807, 2.05) is 49.4 Å². The van der Waals surface area contributed by atoms with Crippen molar-refractivity contribution in [2.75, 3.05) is 0 Å². The molecule has 0 atom stereocenters. The van der Waals surface area contributed by atoms with Crippen LogP contribution in [0, 0.1) is 6.92 Å². The molecule has 2 heteroatoms. The van der Waals surface area contributed by atoms with E-state index in [1.165, 1.54) is 0 Å². The van der Waals surface area contributed by atoms with Gasteiger partial charge in [-0.1, -0.05) is 36.4 Å². The van der Waals surface area contributed by atoms with E-state index in [2.05, 4.69) is 4.98 Å². The van der Waals surface area contributed by atoms with Gasteiger partial charge in [-0.05, 0) is 30.7 Å². The molecule has 0 spiro atoms. The third-order valence-corrected chi connectivity index (χ3v) is 2.27. The lowest BCUT2D eigenvalue weighted by Crippen LogP contribution is -1.85. The summed E-state index contributed by atoms with van der Waals surface area (Å²) in [7, 11) is 0. The maximum Gasteiger partial charge on any atom is 0.141 e. The monoisotopic (exact) mass is 211 g/mol. The van der Waals surface area contributed by atoms with E-state index in [0.717, 1.165) is 11.3 Å². The van der Waals surface area contributed by atoms with Gasteiger partial charge in [-0.2, -0.15) is 0 Å². The molecule has 0 aliphatic carbocycles. The van der Waals surface area contributed by atoms with Crippen LogP contribution in [-0.2, 0) is 0 Å². The highest BCUT2D eigenvalue weighted by Gasteiger charge is 1.98. The summed E-state index contributed by atoms with van der Waals surface area (Å²) in [6.45, 7) is 1.90. The van der Waals surface area contributed by atoms with E-state index in [-0.39, 0.29) is 5.75 Å². The smallest absolute Gasteiger partial charge is 0.141 e. The molecule has 1 aromatic carbocycles. The summed E-state index contributed by atoms with van der Waals surface area (Å²) in [5, 5.41) is 9.60. The molecular weight excluding hydrogens is 198 g/mol. The summed E-state index contributed by atoms with van der Waals surface area (Å²) < 4.78 is 0. The molecule has 16 heavy (non-hydrogen) atoms. The van der Waals surface area contributed by atoms with Crippen molar-refractivity contribution in [1.29, 1.82) is 0 Å². The van der Waals surface area contributed by atoms with Crippen molar-refractivity contribution in [2.45, 2.75) is 6.92 Å². The minimum atomic E-state index is 0.206. The van der Waals surface area contributed by atoms with Crippen LogP contribution in [0.25, 0.3) is 12.2 Å². The number of pyridine rings is 1. The fraction of sp³-hybridized carbons (Fsp3) is 0.0714. The van der Waals surface area contributed by atoms with Crippen LogP contribution < -0.4 is 0 Å². The Hall–Kier alpha value is -2.09. The second kappa shape index (κ2) is 4.62. The molecule has 1 aromatic heterocycles. The molecule has 1 N–H and O–H groups in total. The van der Waals surface area contributed by atoms with Gasteiger partial charge in [0.05, 0.1) is 0 Å². The van der Waals surface area contributed by atoms with Gasteiger partial charge < -0.3 is 5.11 Å². The Labute approximate surface area is 94.9 Å². The number of aromatic hydroxyl groups is 1. The lowest BCUT2D eigenvalue weighted by molar-refractivity contribution is 0.471. The van der Waals surface area contributed by atoms with Crippen LogP contribution in [-0.4, -0.2) is 10.1 Å². The summed E-state index contributed by atoms with van der Waals surface area (Å²) in [4.78, 5) is 4.25. The molecule has 0 bridgehead atoms. The highest BCUT2D eigenvalue weighted by atomic mass is 16.3. The zero-order valence-electron chi connectivity index (χ0n) is 9.09. The summed E-state index contributed by atoms with van der Waals surface area (Å²) in [5.74, 6) is 0.206. The summed E-state index contributed by atoms with van der Waals surface area (Å²) in [6, 6.07) is 13.4. The van der Waals surface area contributed by atoms with Crippen LogP contribution in [0.4, 0.5) is 0 Å². The van der Waals surface area contributed by atoms with E-state index >= 15 is 0 Å². The van der Waals surface area contributed by atoms with Gasteiger partial charge in [0.1, 0.15) is 11.4 Å². The number of benzene rings is 1. The van der Waals surface area contributed by atoms with Gasteiger partial charge in [0.25, 0.3) is 0 Å². The maximum atomic E-state index is 9.60. The molecule has 1 heterocycles. The molecular formula is C14H13NO. The number of hydrogen-bond acceptors (Lipinski definition) is 2. The molecule has 0 saturated heterocycles. The Balaban J connectivity index is 2.27. The van der Waals surface area contributed by atoms with Crippen LogP contribution >= 0.6 is 0 Å². The highest BCUT2D eigenvalue weighted by molar-refractivity contribution is 5.70. The van der Waals surface area contributed by atoms with Crippen molar-refractivity contribution in [3.05, 3.63) is 59.4 Å². The number of aromatic nitrogens is 1. The minimum absolute atomic E-state index is 0.206. The van der Waals surface area contributed by atoms with Crippen molar-refractivity contribution in [3.8, 4) is 5.75 Å². The van der Waals surface area contributed by atoms with Crippen LogP contribution in [0.1, 0.15) is 17.0 Å². The average Bonchev–Trinajstić information content (AvgIpc) is 2.32. The Bertz CT molecular complexity index is 503. The van der Waals surface area contributed by atoms with E-state index in [9.17, 15) is 5.11 Å². The average molecular weight is 211 g/mol. The minimum Gasteiger partial charge on any atom is -0.506 e. The first-order valence-electron chi connectivity index (χ1n) is 5.15. The molecule has 0 aliphatic rings. The Kier molecular flexibility index (Phi) is 3.01. The number of rotatable bonds is 2. The van der Waals surface area contributed by atoms with Gasteiger partial charge in [0, 0.05) is 5.69 Å². The zero-order valence-corrected chi connectivity index (χ0v) is 9.09. The van der Waals surface area contributed by atoms with Gasteiger partial charge in [-0.3, -0.25) is 0 Å². The largest absolute Gasteiger partial charge is 0.506 e. The fourth-order valence-corrected chi connectivity index (χ4v) is 1.43. The van der Waals surface area contributed by atoms with Gasteiger partial charge >= 0.3 is 0 Å². The Morgan fingerprint density at radius 2 is 1.75 bits per heavy atom.